The minimum atomic E-state index is -4.46. The third-order valence-electron chi connectivity index (χ3n) is 3.95. The van der Waals surface area contributed by atoms with Crippen LogP contribution in [0.1, 0.15) is 37.6 Å². The number of alkyl halides is 3. The van der Waals surface area contributed by atoms with Gasteiger partial charge in [-0.2, -0.15) is 18.3 Å². The molecule has 1 aromatic rings. The van der Waals surface area contributed by atoms with E-state index in [0.717, 1.165) is 25.3 Å². The number of rotatable bonds is 6. The smallest absolute Gasteiger partial charge is 0.387 e. The predicted molar refractivity (Wildman–Crippen MR) is 84.9 cm³/mol. The maximum Gasteiger partial charge on any atom is 0.435 e. The molecule has 23 heavy (non-hydrogen) atoms. The monoisotopic (exact) mass is 326 g/mol. The van der Waals surface area contributed by atoms with Crippen LogP contribution in [0.5, 0.6) is 0 Å². The maximum absolute atomic E-state index is 13.0. The second-order valence-electron chi connectivity index (χ2n) is 5.61. The number of nitrogens with one attached hydrogen (secondary N) is 1. The second kappa shape index (κ2) is 7.02. The highest BCUT2D eigenvalue weighted by molar-refractivity contribution is 5.80. The molecule has 0 spiro atoms. The first-order valence-electron chi connectivity index (χ1n) is 7.58. The zero-order valence-electron chi connectivity index (χ0n) is 13.3. The van der Waals surface area contributed by atoms with Gasteiger partial charge in [0.1, 0.15) is 5.82 Å². The fourth-order valence-corrected chi connectivity index (χ4v) is 2.35. The summed E-state index contributed by atoms with van der Waals surface area (Å²) in [5, 5.41) is 6.54. The molecule has 0 unspecified atom stereocenters. The lowest BCUT2D eigenvalue weighted by Crippen LogP contribution is -2.16. The summed E-state index contributed by atoms with van der Waals surface area (Å²) in [5.41, 5.74) is 0.226. The highest BCUT2D eigenvalue weighted by Crippen LogP contribution is 2.34. The molecule has 0 aliphatic heterocycles. The Morgan fingerprint density at radius 1 is 1.52 bits per heavy atom. The second-order valence-corrected chi connectivity index (χ2v) is 5.61. The first-order chi connectivity index (χ1) is 10.8. The quantitative estimate of drug-likeness (QED) is 0.807. The van der Waals surface area contributed by atoms with Crippen LogP contribution in [0.25, 0.3) is 5.82 Å². The van der Waals surface area contributed by atoms with Crippen molar-refractivity contribution >= 4 is 12.0 Å². The van der Waals surface area contributed by atoms with Crippen LogP contribution in [-0.4, -0.2) is 23.0 Å². The fraction of sp³-hybridized carbons (Fsp3) is 0.500. The van der Waals surface area contributed by atoms with E-state index < -0.39 is 11.9 Å². The summed E-state index contributed by atoms with van der Waals surface area (Å²) >= 11 is 0. The van der Waals surface area contributed by atoms with Gasteiger partial charge in [-0.25, -0.2) is 9.67 Å². The lowest BCUT2D eigenvalue weighted by atomic mass is 9.82. The number of aliphatic imine (C=N–C) groups is 1. The average molecular weight is 326 g/mol. The van der Waals surface area contributed by atoms with Gasteiger partial charge < -0.3 is 5.32 Å². The van der Waals surface area contributed by atoms with Gasteiger partial charge in [-0.1, -0.05) is 25.8 Å². The molecule has 1 saturated carbocycles. The van der Waals surface area contributed by atoms with Gasteiger partial charge in [-0.05, 0) is 31.4 Å². The number of allylic oxidation sites excluding steroid dienone is 2. The molecule has 2 rings (SSSR count). The van der Waals surface area contributed by atoms with E-state index in [9.17, 15) is 13.2 Å². The van der Waals surface area contributed by atoms with Crippen molar-refractivity contribution in [3.05, 3.63) is 35.8 Å². The third-order valence-corrected chi connectivity index (χ3v) is 3.95. The van der Waals surface area contributed by atoms with Crippen molar-refractivity contribution < 1.29 is 13.2 Å². The fourth-order valence-electron chi connectivity index (χ4n) is 2.35. The molecule has 126 valence electrons. The molecular weight excluding hydrogens is 305 g/mol. The van der Waals surface area contributed by atoms with Gasteiger partial charge in [0.2, 0.25) is 0 Å². The summed E-state index contributed by atoms with van der Waals surface area (Å²) in [4.78, 5) is 4.20. The molecule has 4 nitrogen and oxygen atoms in total. The van der Waals surface area contributed by atoms with Gasteiger partial charge in [0, 0.05) is 18.4 Å². The van der Waals surface area contributed by atoms with Crippen molar-refractivity contribution in [2.45, 2.75) is 38.8 Å². The molecule has 1 aliphatic carbocycles. The Bertz CT molecular complexity index is 622. The van der Waals surface area contributed by atoms with Crippen molar-refractivity contribution in [3.63, 3.8) is 0 Å². The Hall–Kier alpha value is -2.05. The van der Waals surface area contributed by atoms with Crippen LogP contribution >= 0.6 is 0 Å². The first kappa shape index (κ1) is 17.3. The summed E-state index contributed by atoms with van der Waals surface area (Å²) in [7, 11) is 1.70. The topological polar surface area (TPSA) is 42.2 Å². The van der Waals surface area contributed by atoms with Crippen LogP contribution in [-0.2, 0) is 12.6 Å². The molecule has 0 atom stereocenters. The van der Waals surface area contributed by atoms with E-state index in [1.807, 2.05) is 0 Å². The first-order valence-corrected chi connectivity index (χ1v) is 7.58. The molecule has 0 bridgehead atoms. The number of halogens is 3. The normalized spacial score (nSPS) is 16.7. The van der Waals surface area contributed by atoms with Gasteiger partial charge in [0.15, 0.2) is 5.69 Å². The zero-order chi connectivity index (χ0) is 17.0. The van der Waals surface area contributed by atoms with Crippen LogP contribution in [0.15, 0.2) is 29.4 Å². The maximum atomic E-state index is 13.0. The largest absolute Gasteiger partial charge is 0.435 e. The molecule has 7 heteroatoms. The van der Waals surface area contributed by atoms with E-state index >= 15 is 0 Å². The molecule has 0 radical (unpaired) electrons. The summed E-state index contributed by atoms with van der Waals surface area (Å²) in [6.45, 7) is 5.43. The average Bonchev–Trinajstić information content (AvgIpc) is 2.87. The summed E-state index contributed by atoms with van der Waals surface area (Å²) in [6, 6.07) is 1.13. The van der Waals surface area contributed by atoms with E-state index in [2.05, 4.69) is 22.0 Å². The lowest BCUT2D eigenvalue weighted by molar-refractivity contribution is -0.141. The van der Waals surface area contributed by atoms with Crippen molar-refractivity contribution in [1.82, 2.24) is 15.1 Å². The van der Waals surface area contributed by atoms with Gasteiger partial charge >= 0.3 is 6.18 Å². The number of hydrogen-bond acceptors (Lipinski definition) is 3. The van der Waals surface area contributed by atoms with Gasteiger partial charge in [-0.15, -0.1) is 0 Å². The van der Waals surface area contributed by atoms with Crippen molar-refractivity contribution in [2.24, 2.45) is 10.9 Å². The van der Waals surface area contributed by atoms with E-state index in [0.29, 0.717) is 29.6 Å². The standard InChI is InChI=1S/C16H21F3N4/c1-4-15(21-10-11(2)20-3)23-13(8-12-6-5-7-12)9-14(22-23)16(17,18)19/h4,9-10,12,20H,2,5-8H2,1,3H3/b15-4+,21-10?. The predicted octanol–water partition coefficient (Wildman–Crippen LogP) is 3.87. The minimum Gasteiger partial charge on any atom is -0.387 e. The zero-order valence-corrected chi connectivity index (χ0v) is 13.3. The van der Waals surface area contributed by atoms with Gasteiger partial charge in [0.25, 0.3) is 0 Å². The van der Waals surface area contributed by atoms with E-state index in [4.69, 9.17) is 0 Å². The van der Waals surface area contributed by atoms with Crippen molar-refractivity contribution in [3.8, 4) is 0 Å². The number of nitrogens with zero attached hydrogens (tertiary/aromatic N) is 3. The van der Waals surface area contributed by atoms with Crippen LogP contribution in [0, 0.1) is 5.92 Å². The molecule has 0 saturated heterocycles. The van der Waals surface area contributed by atoms with E-state index in [1.165, 1.54) is 10.9 Å². The molecule has 1 heterocycles. The molecule has 0 aromatic carbocycles. The van der Waals surface area contributed by atoms with Gasteiger partial charge in [-0.3, -0.25) is 0 Å². The summed E-state index contributed by atoms with van der Waals surface area (Å²) in [6.07, 6.45) is 2.48. The lowest BCUT2D eigenvalue weighted by Gasteiger charge is -2.25. The summed E-state index contributed by atoms with van der Waals surface area (Å²) in [5.74, 6) is 0.784. The molecule has 0 amide bonds. The molecule has 1 N–H and O–H groups in total. The Kier molecular flexibility index (Phi) is 5.28. The van der Waals surface area contributed by atoms with Crippen molar-refractivity contribution in [1.29, 1.82) is 0 Å². The van der Waals surface area contributed by atoms with E-state index in [-0.39, 0.29) is 0 Å². The Morgan fingerprint density at radius 3 is 2.70 bits per heavy atom. The Balaban J connectivity index is 2.34. The highest BCUT2D eigenvalue weighted by Gasteiger charge is 2.35. The SMILES string of the molecule is C=C(C=N/C(=C\C)n1nc(C(F)(F)F)cc1CC1CCC1)NC. The van der Waals surface area contributed by atoms with Crippen LogP contribution in [0.2, 0.25) is 0 Å². The number of aromatic nitrogens is 2. The Morgan fingerprint density at radius 2 is 2.22 bits per heavy atom. The van der Waals surface area contributed by atoms with E-state index in [1.54, 1.807) is 20.0 Å². The minimum absolute atomic E-state index is 0.353. The van der Waals surface area contributed by atoms with Crippen LogP contribution < -0.4 is 5.32 Å². The van der Waals surface area contributed by atoms with Gasteiger partial charge in [0.05, 0.1) is 6.21 Å². The Labute approximate surface area is 133 Å². The van der Waals surface area contributed by atoms with Crippen LogP contribution in [0.3, 0.4) is 0 Å². The van der Waals surface area contributed by atoms with Crippen molar-refractivity contribution in [2.75, 3.05) is 7.05 Å². The molecule has 1 aromatic heterocycles. The highest BCUT2D eigenvalue weighted by atomic mass is 19.4. The molecule has 1 aliphatic rings. The summed E-state index contributed by atoms with van der Waals surface area (Å²) < 4.78 is 40.3. The molecular formula is C16H21F3N4. The molecule has 1 fully saturated rings. The number of hydrogen-bond donors (Lipinski definition) is 1. The van der Waals surface area contributed by atoms with Crippen LogP contribution in [0.4, 0.5) is 13.2 Å². The third kappa shape index (κ3) is 4.24.